The average molecular weight is 290 g/mol. The molecule has 2 aliphatic carbocycles. The molecule has 8 heteroatoms. The summed E-state index contributed by atoms with van der Waals surface area (Å²) in [4.78, 5) is 0. The molecule has 0 amide bonds. The molecule has 1 saturated heterocycles. The highest BCUT2D eigenvalue weighted by Crippen LogP contribution is 2.68. The summed E-state index contributed by atoms with van der Waals surface area (Å²) in [6, 6.07) is 0. The Labute approximate surface area is 101 Å². The minimum Gasteiger partial charge on any atom is -0.258 e. The molecule has 2 heterocycles. The van der Waals surface area contributed by atoms with Crippen LogP contribution in [0.1, 0.15) is 6.42 Å². The zero-order valence-corrected chi connectivity index (χ0v) is 9.57. The van der Waals surface area contributed by atoms with Crippen LogP contribution >= 0.6 is 0 Å². The number of alkyl halides is 6. The molecular weight excluding hydrogens is 282 g/mol. The fraction of sp³-hybridized carbons (Fsp3) is 0.800. The first-order chi connectivity index (χ1) is 8.12. The topological polar surface area (TPSA) is 17.1 Å². The SMILES string of the molecule is O=S1[C@@H]2C=C[C@H]([C@H]3C[C@H]32)C1(C(F)(F)F)C(F)(F)F. The number of hydrogen-bond acceptors (Lipinski definition) is 1. The molecule has 102 valence electrons. The van der Waals surface area contributed by atoms with Crippen LogP contribution in [0.5, 0.6) is 0 Å². The highest BCUT2D eigenvalue weighted by molar-refractivity contribution is 7.87. The Balaban J connectivity index is 2.22. The molecule has 1 saturated carbocycles. The van der Waals surface area contributed by atoms with E-state index in [1.807, 2.05) is 0 Å². The average Bonchev–Trinajstić information content (AvgIpc) is 2.93. The number of fused-ring (bicyclic) bond motifs is 1. The summed E-state index contributed by atoms with van der Waals surface area (Å²) in [5.41, 5.74) is 0. The van der Waals surface area contributed by atoms with E-state index in [0.717, 1.165) is 6.08 Å². The van der Waals surface area contributed by atoms with Gasteiger partial charge in [0.25, 0.3) is 0 Å². The first-order valence-corrected chi connectivity index (χ1v) is 6.56. The molecule has 4 aliphatic rings. The Morgan fingerprint density at radius 3 is 2.06 bits per heavy atom. The van der Waals surface area contributed by atoms with Crippen LogP contribution in [-0.4, -0.2) is 26.6 Å². The van der Waals surface area contributed by atoms with E-state index in [9.17, 15) is 30.6 Å². The van der Waals surface area contributed by atoms with Crippen molar-refractivity contribution in [1.29, 1.82) is 0 Å². The summed E-state index contributed by atoms with van der Waals surface area (Å²) in [5, 5.41) is -1.11. The zero-order valence-electron chi connectivity index (χ0n) is 8.76. The largest absolute Gasteiger partial charge is 0.415 e. The molecule has 5 atom stereocenters. The minimum absolute atomic E-state index is 0.265. The molecule has 18 heavy (non-hydrogen) atoms. The van der Waals surface area contributed by atoms with Gasteiger partial charge in [0.05, 0.1) is 16.0 Å². The third kappa shape index (κ3) is 1.18. The predicted molar refractivity (Wildman–Crippen MR) is 51.0 cm³/mol. The molecule has 0 N–H and O–H groups in total. The molecular formula is C10H8F6OS. The van der Waals surface area contributed by atoms with Gasteiger partial charge in [-0.3, -0.25) is 4.21 Å². The van der Waals surface area contributed by atoms with Gasteiger partial charge in [0.15, 0.2) is 0 Å². The third-order valence-electron chi connectivity index (χ3n) is 4.16. The van der Waals surface area contributed by atoms with E-state index in [0.29, 0.717) is 6.42 Å². The molecule has 2 bridgehead atoms. The third-order valence-corrected chi connectivity index (χ3v) is 6.53. The molecule has 1 unspecified atom stereocenters. The van der Waals surface area contributed by atoms with Crippen molar-refractivity contribution in [1.82, 2.24) is 0 Å². The van der Waals surface area contributed by atoms with Gasteiger partial charge in [0, 0.05) is 5.92 Å². The minimum atomic E-state index is -5.54. The Bertz CT molecular complexity index is 436. The van der Waals surface area contributed by atoms with E-state index in [2.05, 4.69) is 0 Å². The number of halogens is 6. The van der Waals surface area contributed by atoms with Crippen molar-refractivity contribution in [3.05, 3.63) is 12.2 Å². The molecule has 4 rings (SSSR count). The number of allylic oxidation sites excluding steroid dienone is 1. The summed E-state index contributed by atoms with van der Waals surface area (Å²) < 4.78 is 86.1. The van der Waals surface area contributed by atoms with E-state index in [4.69, 9.17) is 0 Å². The maximum absolute atomic E-state index is 13.0. The Morgan fingerprint density at radius 2 is 1.56 bits per heavy atom. The van der Waals surface area contributed by atoms with E-state index >= 15 is 0 Å². The fourth-order valence-electron chi connectivity index (χ4n) is 3.32. The van der Waals surface area contributed by atoms with Crippen molar-refractivity contribution >= 4 is 10.8 Å². The summed E-state index contributed by atoms with van der Waals surface area (Å²) in [6.07, 6.45) is -8.54. The Morgan fingerprint density at radius 1 is 1.00 bits per heavy atom. The molecule has 0 radical (unpaired) electrons. The summed E-state index contributed by atoms with van der Waals surface area (Å²) in [5.74, 6) is -2.62. The predicted octanol–water partition coefficient (Wildman–Crippen LogP) is 2.80. The van der Waals surface area contributed by atoms with Crippen LogP contribution in [0, 0.1) is 17.8 Å². The highest BCUT2D eigenvalue weighted by Gasteiger charge is 2.84. The maximum atomic E-state index is 13.0. The second-order valence-electron chi connectivity index (χ2n) is 4.97. The van der Waals surface area contributed by atoms with Crippen molar-refractivity contribution in [2.75, 3.05) is 0 Å². The Kier molecular flexibility index (Phi) is 2.18. The molecule has 2 aliphatic heterocycles. The normalized spacial score (nSPS) is 44.9. The lowest BCUT2D eigenvalue weighted by Gasteiger charge is -2.48. The highest BCUT2D eigenvalue weighted by atomic mass is 32.2. The lowest BCUT2D eigenvalue weighted by Crippen LogP contribution is -2.69. The Hall–Kier alpha value is -0.530. The van der Waals surface area contributed by atoms with Crippen LogP contribution in [-0.2, 0) is 10.8 Å². The van der Waals surface area contributed by atoms with Crippen LogP contribution in [0.2, 0.25) is 0 Å². The van der Waals surface area contributed by atoms with Gasteiger partial charge in [-0.2, -0.15) is 26.3 Å². The first kappa shape index (κ1) is 12.5. The van der Waals surface area contributed by atoms with Crippen LogP contribution < -0.4 is 0 Å². The van der Waals surface area contributed by atoms with Crippen molar-refractivity contribution in [3.63, 3.8) is 0 Å². The second-order valence-corrected chi connectivity index (χ2v) is 6.75. The van der Waals surface area contributed by atoms with Crippen LogP contribution in [0.15, 0.2) is 12.2 Å². The van der Waals surface area contributed by atoms with Gasteiger partial charge in [-0.05, 0) is 18.3 Å². The van der Waals surface area contributed by atoms with Gasteiger partial charge in [0.1, 0.15) is 0 Å². The lowest BCUT2D eigenvalue weighted by atomic mass is 9.81. The first-order valence-electron chi connectivity index (χ1n) is 5.35. The van der Waals surface area contributed by atoms with Crippen LogP contribution in [0.3, 0.4) is 0 Å². The molecule has 1 nitrogen and oxygen atoms in total. The van der Waals surface area contributed by atoms with Crippen molar-refractivity contribution in [2.45, 2.75) is 28.8 Å². The van der Waals surface area contributed by atoms with Crippen molar-refractivity contribution < 1.29 is 30.6 Å². The van der Waals surface area contributed by atoms with Gasteiger partial charge in [0.2, 0.25) is 4.75 Å². The van der Waals surface area contributed by atoms with E-state index in [1.165, 1.54) is 6.08 Å². The van der Waals surface area contributed by atoms with Crippen LogP contribution in [0.4, 0.5) is 26.3 Å². The smallest absolute Gasteiger partial charge is 0.258 e. The summed E-state index contributed by atoms with van der Waals surface area (Å²) >= 11 is 0. The molecule has 0 spiro atoms. The monoisotopic (exact) mass is 290 g/mol. The number of hydrogen-bond donors (Lipinski definition) is 0. The van der Waals surface area contributed by atoms with Gasteiger partial charge >= 0.3 is 12.4 Å². The van der Waals surface area contributed by atoms with Gasteiger partial charge in [-0.1, -0.05) is 12.2 Å². The summed E-state index contributed by atoms with van der Waals surface area (Å²) in [6.45, 7) is 0. The summed E-state index contributed by atoms with van der Waals surface area (Å²) in [7, 11) is -2.99. The van der Waals surface area contributed by atoms with E-state index < -0.39 is 45.0 Å². The van der Waals surface area contributed by atoms with Crippen molar-refractivity contribution in [3.8, 4) is 0 Å². The van der Waals surface area contributed by atoms with E-state index in [-0.39, 0.29) is 5.92 Å². The van der Waals surface area contributed by atoms with Crippen LogP contribution in [0.25, 0.3) is 0 Å². The zero-order chi connectivity index (χ0) is 13.5. The number of rotatable bonds is 0. The van der Waals surface area contributed by atoms with Gasteiger partial charge < -0.3 is 0 Å². The van der Waals surface area contributed by atoms with Gasteiger partial charge in [-0.15, -0.1) is 0 Å². The van der Waals surface area contributed by atoms with Crippen molar-refractivity contribution in [2.24, 2.45) is 17.8 Å². The van der Waals surface area contributed by atoms with Gasteiger partial charge in [-0.25, -0.2) is 0 Å². The lowest BCUT2D eigenvalue weighted by molar-refractivity contribution is -0.279. The fourth-order valence-corrected chi connectivity index (χ4v) is 5.59. The molecule has 0 aromatic heterocycles. The molecule has 2 fully saturated rings. The second kappa shape index (κ2) is 3.13. The molecule has 0 aromatic carbocycles. The van der Waals surface area contributed by atoms with E-state index in [1.54, 1.807) is 0 Å². The standard InChI is InChI=1S/C10H8F6OS/c11-9(12,13)8(10(14,15)16)6-1-2-7(18(8)17)5-3-4(5)6/h1-2,4-7H,3H2/t4-,5+,6+,7+,18?/m0/s1. The quantitative estimate of drug-likeness (QED) is 0.495. The molecule has 0 aromatic rings. The maximum Gasteiger partial charge on any atom is 0.415 e.